The fourth-order valence-corrected chi connectivity index (χ4v) is 5.63. The van der Waals surface area contributed by atoms with Crippen LogP contribution in [-0.4, -0.2) is 43.2 Å². The molecular weight excluding hydrogens is 545 g/mol. The number of amides is 1. The summed E-state index contributed by atoms with van der Waals surface area (Å²) in [5, 5.41) is 14.8. The zero-order valence-corrected chi connectivity index (χ0v) is 22.3. The Morgan fingerprint density at radius 2 is 1.80 bits per heavy atom. The Kier molecular flexibility index (Phi) is 7.89. The van der Waals surface area contributed by atoms with Gasteiger partial charge in [0.05, 0.1) is 23.7 Å². The van der Waals surface area contributed by atoms with E-state index < -0.39 is 41.3 Å². The number of alkyl halides is 3. The molecule has 1 aliphatic carbocycles. The maximum atomic E-state index is 14.4. The van der Waals surface area contributed by atoms with Crippen molar-refractivity contribution < 1.29 is 27.9 Å². The molecule has 0 aliphatic heterocycles. The van der Waals surface area contributed by atoms with Crippen molar-refractivity contribution in [3.63, 3.8) is 0 Å². The van der Waals surface area contributed by atoms with Crippen LogP contribution >= 0.6 is 11.6 Å². The Labute approximate surface area is 233 Å². The monoisotopic (exact) mass is 572 g/mol. The summed E-state index contributed by atoms with van der Waals surface area (Å²) in [5.74, 6) is -2.30. The van der Waals surface area contributed by atoms with Crippen LogP contribution in [0.1, 0.15) is 58.9 Å². The second-order valence-electron chi connectivity index (χ2n) is 10.2. The molecule has 4 aromatic rings. The number of carbonyl (C=O) groups excluding carboxylic acids is 1. The zero-order chi connectivity index (χ0) is 28.4. The molecule has 210 valence electrons. The SMILES string of the molecule is O=C(O)C1CCC(n2ncc(C(=O)N(CCc3cccc4[nH]ccc34)Cc3ccc(Cl)cc3)c2C(F)(F)F)CC1. The highest BCUT2D eigenvalue weighted by Crippen LogP contribution is 2.39. The Morgan fingerprint density at radius 3 is 2.48 bits per heavy atom. The predicted octanol–water partition coefficient (Wildman–Crippen LogP) is 6.74. The van der Waals surface area contributed by atoms with E-state index in [1.165, 1.54) is 4.90 Å². The van der Waals surface area contributed by atoms with E-state index in [4.69, 9.17) is 11.6 Å². The van der Waals surface area contributed by atoms with Crippen LogP contribution in [0.25, 0.3) is 10.9 Å². The number of aliphatic carboxylic acids is 1. The van der Waals surface area contributed by atoms with E-state index in [9.17, 15) is 27.9 Å². The van der Waals surface area contributed by atoms with Gasteiger partial charge in [0.1, 0.15) is 0 Å². The number of hydrogen-bond acceptors (Lipinski definition) is 3. The first kappa shape index (κ1) is 27.8. The minimum absolute atomic E-state index is 0.0886. The van der Waals surface area contributed by atoms with Crippen LogP contribution in [-0.2, 0) is 23.9 Å². The lowest BCUT2D eigenvalue weighted by atomic mass is 9.86. The molecule has 5 rings (SSSR count). The first-order chi connectivity index (χ1) is 19.1. The molecular formula is C29H28ClF3N4O3. The molecule has 0 unspecified atom stereocenters. The lowest BCUT2D eigenvalue weighted by Crippen LogP contribution is -2.34. The van der Waals surface area contributed by atoms with Gasteiger partial charge in [0, 0.05) is 35.2 Å². The Balaban J connectivity index is 1.45. The zero-order valence-electron chi connectivity index (χ0n) is 21.5. The largest absolute Gasteiger partial charge is 0.481 e. The number of benzene rings is 2. The van der Waals surface area contributed by atoms with E-state index in [1.54, 1.807) is 24.3 Å². The normalized spacial score (nSPS) is 17.7. The van der Waals surface area contributed by atoms with Gasteiger partial charge in [-0.2, -0.15) is 18.3 Å². The van der Waals surface area contributed by atoms with Crippen molar-refractivity contribution in [2.75, 3.05) is 6.54 Å². The van der Waals surface area contributed by atoms with Gasteiger partial charge in [0.15, 0.2) is 5.69 Å². The molecule has 1 aliphatic rings. The number of aromatic amines is 1. The van der Waals surface area contributed by atoms with Gasteiger partial charge < -0.3 is 15.0 Å². The Bertz CT molecular complexity index is 1500. The van der Waals surface area contributed by atoms with Crippen molar-refractivity contribution >= 4 is 34.4 Å². The van der Waals surface area contributed by atoms with Crippen LogP contribution in [0, 0.1) is 5.92 Å². The maximum Gasteiger partial charge on any atom is 0.433 e. The third-order valence-corrected chi connectivity index (χ3v) is 7.85. The fraction of sp³-hybridized carbons (Fsp3) is 0.345. The van der Waals surface area contributed by atoms with E-state index in [0.717, 1.165) is 32.9 Å². The molecule has 2 aromatic heterocycles. The minimum atomic E-state index is -4.83. The fourth-order valence-electron chi connectivity index (χ4n) is 5.50. The number of carboxylic acids is 1. The average Bonchev–Trinajstić information content (AvgIpc) is 3.60. The second-order valence-corrected chi connectivity index (χ2v) is 10.6. The summed E-state index contributed by atoms with van der Waals surface area (Å²) in [4.78, 5) is 29.7. The van der Waals surface area contributed by atoms with Gasteiger partial charge in [0.2, 0.25) is 0 Å². The number of rotatable bonds is 8. The summed E-state index contributed by atoms with van der Waals surface area (Å²) < 4.78 is 44.2. The number of carboxylic acid groups (broad SMARTS) is 1. The number of carbonyl (C=O) groups is 2. The molecule has 11 heteroatoms. The van der Waals surface area contributed by atoms with Crippen molar-refractivity contribution in [2.45, 2.75) is 50.9 Å². The summed E-state index contributed by atoms with van der Waals surface area (Å²) in [6, 6.07) is 13.9. The van der Waals surface area contributed by atoms with Gasteiger partial charge in [0.25, 0.3) is 5.91 Å². The highest BCUT2D eigenvalue weighted by molar-refractivity contribution is 6.30. The Hall–Kier alpha value is -3.79. The third kappa shape index (κ3) is 5.86. The van der Waals surface area contributed by atoms with E-state index in [-0.39, 0.29) is 38.8 Å². The van der Waals surface area contributed by atoms with Crippen LogP contribution < -0.4 is 0 Å². The van der Waals surface area contributed by atoms with Crippen molar-refractivity contribution in [1.29, 1.82) is 0 Å². The standard InChI is InChI=1S/C29H28ClF3N4O3/c30-21-8-4-18(5-9-21)17-36(15-13-19-2-1-3-25-23(19)12-14-34-25)27(38)24-16-35-37(26(24)29(31,32)33)22-10-6-20(7-11-22)28(39)40/h1-5,8-9,12,14,16,20,22,34H,6-7,10-11,13,15,17H2,(H,39,40). The molecule has 7 nitrogen and oxygen atoms in total. The number of H-pyrrole nitrogens is 1. The molecule has 2 heterocycles. The van der Waals surface area contributed by atoms with E-state index in [0.29, 0.717) is 11.4 Å². The lowest BCUT2D eigenvalue weighted by Gasteiger charge is -2.28. The van der Waals surface area contributed by atoms with Gasteiger partial charge in [-0.15, -0.1) is 0 Å². The van der Waals surface area contributed by atoms with E-state index in [2.05, 4.69) is 10.1 Å². The number of nitrogens with zero attached hydrogens (tertiary/aromatic N) is 3. The maximum absolute atomic E-state index is 14.4. The average molecular weight is 573 g/mol. The van der Waals surface area contributed by atoms with Gasteiger partial charge in [-0.05, 0) is 67.5 Å². The number of nitrogens with one attached hydrogen (secondary N) is 1. The lowest BCUT2D eigenvalue weighted by molar-refractivity contribution is -0.147. The van der Waals surface area contributed by atoms with Crippen LogP contribution in [0.15, 0.2) is 60.9 Å². The topological polar surface area (TPSA) is 91.2 Å². The number of fused-ring (bicyclic) bond motifs is 1. The smallest absolute Gasteiger partial charge is 0.433 e. The molecule has 1 saturated carbocycles. The van der Waals surface area contributed by atoms with Crippen molar-refractivity contribution in [1.82, 2.24) is 19.7 Å². The summed E-state index contributed by atoms with van der Waals surface area (Å²) in [6.45, 7) is 0.267. The van der Waals surface area contributed by atoms with Crippen LogP contribution in [0.3, 0.4) is 0 Å². The summed E-state index contributed by atoms with van der Waals surface area (Å²) in [6.07, 6.45) is -0.581. The molecule has 0 bridgehead atoms. The number of aromatic nitrogens is 3. The molecule has 2 aromatic carbocycles. The molecule has 1 amide bonds. The van der Waals surface area contributed by atoms with Crippen molar-refractivity contribution in [2.24, 2.45) is 5.92 Å². The molecule has 40 heavy (non-hydrogen) atoms. The van der Waals surface area contributed by atoms with Gasteiger partial charge in [-0.25, -0.2) is 0 Å². The van der Waals surface area contributed by atoms with Gasteiger partial charge in [-0.1, -0.05) is 35.9 Å². The van der Waals surface area contributed by atoms with Crippen LogP contribution in [0.4, 0.5) is 13.2 Å². The summed E-state index contributed by atoms with van der Waals surface area (Å²) >= 11 is 6.01. The van der Waals surface area contributed by atoms with E-state index in [1.807, 2.05) is 30.5 Å². The highest BCUT2D eigenvalue weighted by Gasteiger charge is 2.43. The van der Waals surface area contributed by atoms with Crippen LogP contribution in [0.2, 0.25) is 5.02 Å². The molecule has 0 radical (unpaired) electrons. The van der Waals surface area contributed by atoms with E-state index >= 15 is 0 Å². The van der Waals surface area contributed by atoms with Gasteiger partial charge >= 0.3 is 12.1 Å². The molecule has 1 fully saturated rings. The number of hydrogen-bond donors (Lipinski definition) is 2. The minimum Gasteiger partial charge on any atom is -0.481 e. The van der Waals surface area contributed by atoms with Crippen molar-refractivity contribution in [3.8, 4) is 0 Å². The van der Waals surface area contributed by atoms with Crippen LogP contribution in [0.5, 0.6) is 0 Å². The highest BCUT2D eigenvalue weighted by atomic mass is 35.5. The second kappa shape index (κ2) is 11.4. The summed E-state index contributed by atoms with van der Waals surface area (Å²) in [5.41, 5.74) is 1.03. The quantitative estimate of drug-likeness (QED) is 0.245. The summed E-state index contributed by atoms with van der Waals surface area (Å²) in [7, 11) is 0. The Morgan fingerprint density at radius 1 is 1.07 bits per heavy atom. The van der Waals surface area contributed by atoms with Crippen molar-refractivity contribution in [3.05, 3.63) is 88.3 Å². The molecule has 2 N–H and O–H groups in total. The first-order valence-corrected chi connectivity index (χ1v) is 13.5. The van der Waals surface area contributed by atoms with Gasteiger partial charge in [-0.3, -0.25) is 14.3 Å². The third-order valence-electron chi connectivity index (χ3n) is 7.60. The molecule has 0 spiro atoms. The first-order valence-electron chi connectivity index (χ1n) is 13.1. The molecule has 0 saturated heterocycles. The molecule has 0 atom stereocenters. The number of halogens is 4. The predicted molar refractivity (Wildman–Crippen MR) is 144 cm³/mol.